The summed E-state index contributed by atoms with van der Waals surface area (Å²) in [6.07, 6.45) is 4.39. The van der Waals surface area contributed by atoms with Gasteiger partial charge in [0.1, 0.15) is 0 Å². The number of carboxylic acids is 1. The summed E-state index contributed by atoms with van der Waals surface area (Å²) in [5.74, 6) is -1.01. The molecular weight excluding hydrogens is 256 g/mol. The van der Waals surface area contributed by atoms with Crippen molar-refractivity contribution >= 4 is 17.7 Å². The summed E-state index contributed by atoms with van der Waals surface area (Å²) in [5, 5.41) is 14.4. The molecule has 20 heavy (non-hydrogen) atoms. The predicted molar refractivity (Wildman–Crippen MR) is 79.3 cm³/mol. The molecule has 1 aromatic carbocycles. The van der Waals surface area contributed by atoms with Crippen molar-refractivity contribution in [2.24, 2.45) is 0 Å². The fraction of sp³-hybridized carbons (Fsp3) is 0.467. The van der Waals surface area contributed by atoms with Gasteiger partial charge in [-0.1, -0.05) is 32.3 Å². The van der Waals surface area contributed by atoms with E-state index in [1.807, 2.05) is 6.92 Å². The highest BCUT2D eigenvalue weighted by atomic mass is 16.4. The van der Waals surface area contributed by atoms with E-state index in [9.17, 15) is 9.59 Å². The third kappa shape index (κ3) is 5.30. The van der Waals surface area contributed by atoms with Crippen LogP contribution in [-0.4, -0.2) is 23.7 Å². The Bertz CT molecular complexity index is 472. The second-order valence-corrected chi connectivity index (χ2v) is 4.78. The minimum absolute atomic E-state index is 0.161. The zero-order valence-corrected chi connectivity index (χ0v) is 12.0. The van der Waals surface area contributed by atoms with Crippen LogP contribution in [0.1, 0.15) is 48.5 Å². The SMILES string of the molecule is CCCCCCNC(=O)Nc1cc(C(=O)O)ccc1C. The zero-order chi connectivity index (χ0) is 15.0. The molecule has 2 amide bonds. The highest BCUT2D eigenvalue weighted by Gasteiger charge is 2.08. The van der Waals surface area contributed by atoms with E-state index in [1.165, 1.54) is 18.6 Å². The van der Waals surface area contributed by atoms with Gasteiger partial charge in [0.2, 0.25) is 0 Å². The van der Waals surface area contributed by atoms with Gasteiger partial charge in [0.25, 0.3) is 0 Å². The van der Waals surface area contributed by atoms with E-state index in [1.54, 1.807) is 6.07 Å². The van der Waals surface area contributed by atoms with Gasteiger partial charge in [-0.3, -0.25) is 0 Å². The maximum atomic E-state index is 11.7. The first-order chi connectivity index (χ1) is 9.54. The van der Waals surface area contributed by atoms with Crippen molar-refractivity contribution in [3.63, 3.8) is 0 Å². The minimum atomic E-state index is -1.01. The van der Waals surface area contributed by atoms with Gasteiger partial charge in [-0.15, -0.1) is 0 Å². The quantitative estimate of drug-likeness (QED) is 0.669. The average Bonchev–Trinajstić information content (AvgIpc) is 2.40. The highest BCUT2D eigenvalue weighted by Crippen LogP contribution is 2.16. The Morgan fingerprint density at radius 2 is 1.95 bits per heavy atom. The van der Waals surface area contributed by atoms with Crippen molar-refractivity contribution in [3.05, 3.63) is 29.3 Å². The number of aromatic carboxylic acids is 1. The van der Waals surface area contributed by atoms with Crippen LogP contribution in [0, 0.1) is 6.92 Å². The monoisotopic (exact) mass is 278 g/mol. The molecule has 0 spiro atoms. The van der Waals surface area contributed by atoms with Crippen molar-refractivity contribution in [3.8, 4) is 0 Å². The molecule has 0 unspecified atom stereocenters. The van der Waals surface area contributed by atoms with E-state index in [0.717, 1.165) is 24.8 Å². The van der Waals surface area contributed by atoms with E-state index >= 15 is 0 Å². The summed E-state index contributed by atoms with van der Waals surface area (Å²) in [6, 6.07) is 4.37. The van der Waals surface area contributed by atoms with Crippen molar-refractivity contribution in [1.82, 2.24) is 5.32 Å². The van der Waals surface area contributed by atoms with Crippen molar-refractivity contribution < 1.29 is 14.7 Å². The fourth-order valence-corrected chi connectivity index (χ4v) is 1.81. The number of rotatable bonds is 7. The molecule has 110 valence electrons. The number of carbonyl (C=O) groups is 2. The van der Waals surface area contributed by atoms with Crippen molar-refractivity contribution in [2.45, 2.75) is 39.5 Å². The zero-order valence-electron chi connectivity index (χ0n) is 12.0. The van der Waals surface area contributed by atoms with Crippen LogP contribution in [0.3, 0.4) is 0 Å². The molecule has 1 aromatic rings. The molecule has 0 bridgehead atoms. The van der Waals surface area contributed by atoms with Crippen molar-refractivity contribution in [2.75, 3.05) is 11.9 Å². The number of anilines is 1. The number of aryl methyl sites for hydroxylation is 1. The lowest BCUT2D eigenvalue weighted by Gasteiger charge is -2.10. The number of carboxylic acid groups (broad SMARTS) is 1. The molecular formula is C15H22N2O3. The average molecular weight is 278 g/mol. The lowest BCUT2D eigenvalue weighted by molar-refractivity contribution is 0.0697. The molecule has 0 saturated heterocycles. The van der Waals surface area contributed by atoms with E-state index in [2.05, 4.69) is 17.6 Å². The first kappa shape index (κ1) is 16.0. The molecule has 0 aliphatic carbocycles. The highest BCUT2D eigenvalue weighted by molar-refractivity contribution is 5.93. The summed E-state index contributed by atoms with van der Waals surface area (Å²) in [7, 11) is 0. The van der Waals surface area contributed by atoms with Crippen LogP contribution in [0.4, 0.5) is 10.5 Å². The van der Waals surface area contributed by atoms with Crippen LogP contribution in [0.5, 0.6) is 0 Å². The number of hydrogen-bond donors (Lipinski definition) is 3. The van der Waals surface area contributed by atoms with Crippen LogP contribution >= 0.6 is 0 Å². The summed E-state index contributed by atoms with van der Waals surface area (Å²) in [5.41, 5.74) is 1.51. The molecule has 0 heterocycles. The Hall–Kier alpha value is -2.04. The summed E-state index contributed by atoms with van der Waals surface area (Å²) < 4.78 is 0. The van der Waals surface area contributed by atoms with Crippen LogP contribution < -0.4 is 10.6 Å². The number of carbonyl (C=O) groups excluding carboxylic acids is 1. The van der Waals surface area contributed by atoms with Gasteiger partial charge < -0.3 is 15.7 Å². The Morgan fingerprint density at radius 3 is 2.60 bits per heavy atom. The van der Waals surface area contributed by atoms with Gasteiger partial charge in [0, 0.05) is 12.2 Å². The van der Waals surface area contributed by atoms with Crippen LogP contribution in [0.25, 0.3) is 0 Å². The molecule has 0 aliphatic rings. The molecule has 5 heteroatoms. The first-order valence-corrected chi connectivity index (χ1v) is 6.93. The summed E-state index contributed by atoms with van der Waals surface area (Å²) in [6.45, 7) is 4.59. The Balaban J connectivity index is 2.49. The lowest BCUT2D eigenvalue weighted by atomic mass is 10.1. The molecule has 0 fully saturated rings. The number of urea groups is 1. The molecule has 1 rings (SSSR count). The Labute approximate surface area is 119 Å². The fourth-order valence-electron chi connectivity index (χ4n) is 1.81. The number of amides is 2. The maximum Gasteiger partial charge on any atom is 0.335 e. The van der Waals surface area contributed by atoms with E-state index in [0.29, 0.717) is 12.2 Å². The van der Waals surface area contributed by atoms with Gasteiger partial charge in [0.05, 0.1) is 5.56 Å². The summed E-state index contributed by atoms with van der Waals surface area (Å²) >= 11 is 0. The Kier molecular flexibility index (Phi) is 6.56. The maximum absolute atomic E-state index is 11.7. The van der Waals surface area contributed by atoms with Gasteiger partial charge >= 0.3 is 12.0 Å². The number of unbranched alkanes of at least 4 members (excludes halogenated alkanes) is 3. The van der Waals surface area contributed by atoms with Crippen molar-refractivity contribution in [1.29, 1.82) is 0 Å². The molecule has 5 nitrogen and oxygen atoms in total. The van der Waals surface area contributed by atoms with Crippen LogP contribution in [-0.2, 0) is 0 Å². The Morgan fingerprint density at radius 1 is 1.20 bits per heavy atom. The van der Waals surface area contributed by atoms with Gasteiger partial charge in [-0.2, -0.15) is 0 Å². The largest absolute Gasteiger partial charge is 0.478 e. The van der Waals surface area contributed by atoms with Gasteiger partial charge in [0.15, 0.2) is 0 Å². The molecule has 0 aliphatic heterocycles. The van der Waals surface area contributed by atoms with E-state index < -0.39 is 5.97 Å². The second kappa shape index (κ2) is 8.19. The second-order valence-electron chi connectivity index (χ2n) is 4.78. The first-order valence-electron chi connectivity index (χ1n) is 6.93. The molecule has 0 atom stereocenters. The van der Waals surface area contributed by atoms with E-state index in [-0.39, 0.29) is 11.6 Å². The topological polar surface area (TPSA) is 78.4 Å². The minimum Gasteiger partial charge on any atom is -0.478 e. The number of nitrogens with one attached hydrogen (secondary N) is 2. The van der Waals surface area contributed by atoms with Crippen LogP contribution in [0.2, 0.25) is 0 Å². The molecule has 0 saturated carbocycles. The molecule has 0 aromatic heterocycles. The van der Waals surface area contributed by atoms with Crippen LogP contribution in [0.15, 0.2) is 18.2 Å². The van der Waals surface area contributed by atoms with E-state index in [4.69, 9.17) is 5.11 Å². The third-order valence-corrected chi connectivity index (χ3v) is 3.05. The standard InChI is InChI=1S/C15H22N2O3/c1-3-4-5-6-9-16-15(20)17-13-10-12(14(18)19)8-7-11(13)2/h7-8,10H,3-6,9H2,1-2H3,(H,18,19)(H2,16,17,20). The summed E-state index contributed by atoms with van der Waals surface area (Å²) in [4.78, 5) is 22.6. The predicted octanol–water partition coefficient (Wildman–Crippen LogP) is 3.40. The normalized spacial score (nSPS) is 10.1. The van der Waals surface area contributed by atoms with Gasteiger partial charge in [-0.25, -0.2) is 9.59 Å². The number of hydrogen-bond acceptors (Lipinski definition) is 2. The lowest BCUT2D eigenvalue weighted by Crippen LogP contribution is -2.29. The molecule has 0 radical (unpaired) electrons. The molecule has 3 N–H and O–H groups in total. The number of benzene rings is 1. The third-order valence-electron chi connectivity index (χ3n) is 3.05. The van der Waals surface area contributed by atoms with Gasteiger partial charge in [-0.05, 0) is 31.0 Å². The smallest absolute Gasteiger partial charge is 0.335 e.